The first kappa shape index (κ1) is 12.9. The third-order valence-corrected chi connectivity index (χ3v) is 1.98. The SMILES string of the molecule is CCCO[P+](=O)OCCNCCN. The highest BCUT2D eigenvalue weighted by molar-refractivity contribution is 7.33. The van der Waals surface area contributed by atoms with Crippen molar-refractivity contribution in [3.8, 4) is 0 Å². The molecule has 13 heavy (non-hydrogen) atoms. The van der Waals surface area contributed by atoms with E-state index in [9.17, 15) is 4.57 Å². The number of hydrogen-bond acceptors (Lipinski definition) is 5. The highest BCUT2D eigenvalue weighted by atomic mass is 31.1. The van der Waals surface area contributed by atoms with Crippen LogP contribution in [0.3, 0.4) is 0 Å². The molecule has 78 valence electrons. The Balaban J connectivity index is 3.08. The second-order valence-corrected chi connectivity index (χ2v) is 3.39. The minimum Gasteiger partial charge on any atom is -0.329 e. The second kappa shape index (κ2) is 10.0. The Hall–Kier alpha value is -0.0600. The van der Waals surface area contributed by atoms with E-state index in [4.69, 9.17) is 14.8 Å². The molecule has 0 aromatic heterocycles. The summed E-state index contributed by atoms with van der Waals surface area (Å²) < 4.78 is 20.6. The van der Waals surface area contributed by atoms with Crippen LogP contribution in [0.25, 0.3) is 0 Å². The topological polar surface area (TPSA) is 73.6 Å². The van der Waals surface area contributed by atoms with Crippen molar-refractivity contribution in [1.82, 2.24) is 5.32 Å². The molecule has 0 aliphatic rings. The molecule has 0 spiro atoms. The van der Waals surface area contributed by atoms with Gasteiger partial charge in [0.05, 0.1) is 0 Å². The molecule has 3 N–H and O–H groups in total. The largest absolute Gasteiger partial charge is 0.697 e. The average Bonchev–Trinajstić information content (AvgIpc) is 2.14. The van der Waals surface area contributed by atoms with Gasteiger partial charge in [-0.1, -0.05) is 6.92 Å². The van der Waals surface area contributed by atoms with Crippen LogP contribution in [-0.2, 0) is 13.6 Å². The molecular weight excluding hydrogens is 191 g/mol. The van der Waals surface area contributed by atoms with Crippen molar-refractivity contribution >= 4 is 8.25 Å². The zero-order valence-electron chi connectivity index (χ0n) is 7.99. The van der Waals surface area contributed by atoms with Gasteiger partial charge in [0.15, 0.2) is 0 Å². The fraction of sp³-hybridized carbons (Fsp3) is 1.00. The normalized spacial score (nSPS) is 11.7. The Labute approximate surface area is 79.9 Å². The summed E-state index contributed by atoms with van der Waals surface area (Å²) >= 11 is 0. The fourth-order valence-electron chi connectivity index (χ4n) is 0.623. The quantitative estimate of drug-likeness (QED) is 0.430. The highest BCUT2D eigenvalue weighted by Gasteiger charge is 2.18. The van der Waals surface area contributed by atoms with Crippen molar-refractivity contribution in [1.29, 1.82) is 0 Å². The van der Waals surface area contributed by atoms with Gasteiger partial charge < -0.3 is 11.1 Å². The molecule has 0 aromatic carbocycles. The maximum atomic E-state index is 10.9. The van der Waals surface area contributed by atoms with Gasteiger partial charge in [-0.25, -0.2) is 0 Å². The van der Waals surface area contributed by atoms with E-state index in [1.54, 1.807) is 0 Å². The molecule has 0 saturated heterocycles. The molecular formula is C7H18N2O3P+. The van der Waals surface area contributed by atoms with Gasteiger partial charge in [0.1, 0.15) is 13.2 Å². The zero-order chi connectivity index (χ0) is 9.94. The van der Waals surface area contributed by atoms with Crippen LogP contribution >= 0.6 is 8.25 Å². The maximum absolute atomic E-state index is 10.9. The molecule has 6 heteroatoms. The number of nitrogens with one attached hydrogen (secondary N) is 1. The van der Waals surface area contributed by atoms with Crippen molar-refractivity contribution in [3.63, 3.8) is 0 Å². The Morgan fingerprint density at radius 3 is 2.62 bits per heavy atom. The fourth-order valence-corrected chi connectivity index (χ4v) is 1.27. The maximum Gasteiger partial charge on any atom is 0.697 e. The third-order valence-electron chi connectivity index (χ3n) is 1.20. The zero-order valence-corrected chi connectivity index (χ0v) is 8.89. The van der Waals surface area contributed by atoms with Gasteiger partial charge in [-0.2, -0.15) is 0 Å². The average molecular weight is 209 g/mol. The van der Waals surface area contributed by atoms with Crippen LogP contribution in [0.2, 0.25) is 0 Å². The number of nitrogens with two attached hydrogens (primary N) is 1. The van der Waals surface area contributed by atoms with E-state index in [1.807, 2.05) is 6.92 Å². The summed E-state index contributed by atoms with van der Waals surface area (Å²) in [5, 5.41) is 3.01. The van der Waals surface area contributed by atoms with E-state index in [1.165, 1.54) is 0 Å². The van der Waals surface area contributed by atoms with E-state index in [0.717, 1.165) is 13.0 Å². The van der Waals surface area contributed by atoms with E-state index in [0.29, 0.717) is 26.3 Å². The van der Waals surface area contributed by atoms with Gasteiger partial charge in [0.25, 0.3) is 0 Å². The van der Waals surface area contributed by atoms with E-state index in [-0.39, 0.29) is 0 Å². The number of rotatable bonds is 9. The number of hydrogen-bond donors (Lipinski definition) is 2. The molecule has 0 saturated carbocycles. The van der Waals surface area contributed by atoms with Gasteiger partial charge >= 0.3 is 8.25 Å². The smallest absolute Gasteiger partial charge is 0.329 e. The lowest BCUT2D eigenvalue weighted by molar-refractivity contribution is 0.226. The lowest BCUT2D eigenvalue weighted by atomic mass is 10.5. The van der Waals surface area contributed by atoms with Crippen molar-refractivity contribution in [3.05, 3.63) is 0 Å². The second-order valence-electron chi connectivity index (χ2n) is 2.43. The van der Waals surface area contributed by atoms with Gasteiger partial charge in [0.2, 0.25) is 0 Å². The summed E-state index contributed by atoms with van der Waals surface area (Å²) in [5.41, 5.74) is 5.25. The monoisotopic (exact) mass is 209 g/mol. The molecule has 0 fully saturated rings. The van der Waals surface area contributed by atoms with Crippen molar-refractivity contribution in [2.24, 2.45) is 5.73 Å². The highest BCUT2D eigenvalue weighted by Crippen LogP contribution is 2.22. The Bertz CT molecular complexity index is 135. The first-order valence-corrected chi connectivity index (χ1v) is 5.54. The summed E-state index contributed by atoms with van der Waals surface area (Å²) in [6.45, 7) is 4.80. The van der Waals surface area contributed by atoms with Crippen molar-refractivity contribution < 1.29 is 13.6 Å². The van der Waals surface area contributed by atoms with Gasteiger partial charge in [-0.15, -0.1) is 9.05 Å². The molecule has 0 bridgehead atoms. The van der Waals surface area contributed by atoms with Gasteiger partial charge in [-0.05, 0) is 6.42 Å². The summed E-state index contributed by atoms with van der Waals surface area (Å²) in [5.74, 6) is 0. The summed E-state index contributed by atoms with van der Waals surface area (Å²) in [7, 11) is -1.93. The molecule has 1 atom stereocenters. The van der Waals surface area contributed by atoms with Crippen LogP contribution in [0.5, 0.6) is 0 Å². The van der Waals surface area contributed by atoms with Crippen LogP contribution < -0.4 is 11.1 Å². The van der Waals surface area contributed by atoms with Crippen LogP contribution in [0, 0.1) is 0 Å². The first-order valence-electron chi connectivity index (χ1n) is 4.45. The lowest BCUT2D eigenvalue weighted by Gasteiger charge is -1.96. The van der Waals surface area contributed by atoms with Crippen molar-refractivity contribution in [2.75, 3.05) is 32.8 Å². The molecule has 0 heterocycles. The Morgan fingerprint density at radius 1 is 1.31 bits per heavy atom. The standard InChI is InChI=1S/C7H18N2O3P/c1-2-6-11-13(10)12-7-5-9-4-3-8/h9H,2-8H2,1H3/q+1. The van der Waals surface area contributed by atoms with E-state index < -0.39 is 8.25 Å². The van der Waals surface area contributed by atoms with Crippen LogP contribution in [0.1, 0.15) is 13.3 Å². The van der Waals surface area contributed by atoms with E-state index in [2.05, 4.69) is 5.32 Å². The summed E-state index contributed by atoms with van der Waals surface area (Å²) in [4.78, 5) is 0. The van der Waals surface area contributed by atoms with Crippen LogP contribution in [-0.4, -0.2) is 32.8 Å². The molecule has 0 aliphatic heterocycles. The first-order chi connectivity index (χ1) is 6.31. The summed E-state index contributed by atoms with van der Waals surface area (Å²) in [6.07, 6.45) is 0.843. The lowest BCUT2D eigenvalue weighted by Crippen LogP contribution is -2.25. The Morgan fingerprint density at radius 2 is 2.00 bits per heavy atom. The van der Waals surface area contributed by atoms with Crippen LogP contribution in [0.4, 0.5) is 0 Å². The molecule has 0 aromatic rings. The predicted molar refractivity (Wildman–Crippen MR) is 51.7 cm³/mol. The molecule has 0 aliphatic carbocycles. The third kappa shape index (κ3) is 9.86. The van der Waals surface area contributed by atoms with Crippen molar-refractivity contribution in [2.45, 2.75) is 13.3 Å². The van der Waals surface area contributed by atoms with E-state index >= 15 is 0 Å². The molecule has 1 unspecified atom stereocenters. The van der Waals surface area contributed by atoms with Crippen LogP contribution in [0.15, 0.2) is 0 Å². The minimum absolute atomic E-state index is 0.388. The molecule has 0 rings (SSSR count). The van der Waals surface area contributed by atoms with Gasteiger partial charge in [-0.3, -0.25) is 0 Å². The Kier molecular flexibility index (Phi) is 9.98. The summed E-state index contributed by atoms with van der Waals surface area (Å²) in [6, 6.07) is 0. The molecule has 5 nitrogen and oxygen atoms in total. The molecule has 0 amide bonds. The molecule has 0 radical (unpaired) electrons. The van der Waals surface area contributed by atoms with Gasteiger partial charge in [0, 0.05) is 24.2 Å². The minimum atomic E-state index is -1.93. The predicted octanol–water partition coefficient (Wildman–Crippen LogP) is 0.635.